The zero-order chi connectivity index (χ0) is 19.2. The third-order valence-electron chi connectivity index (χ3n) is 4.23. The van der Waals surface area contributed by atoms with Gasteiger partial charge in [-0.2, -0.15) is 0 Å². The van der Waals surface area contributed by atoms with Gasteiger partial charge in [-0.15, -0.1) is 0 Å². The van der Waals surface area contributed by atoms with Gasteiger partial charge in [0, 0.05) is 19.2 Å². The molecule has 0 radical (unpaired) electrons. The van der Waals surface area contributed by atoms with Gasteiger partial charge in [0.1, 0.15) is 12.3 Å². The summed E-state index contributed by atoms with van der Waals surface area (Å²) in [4.78, 5) is 23.1. The highest BCUT2D eigenvalue weighted by Crippen LogP contribution is 2.37. The molecule has 1 saturated heterocycles. The Balaban J connectivity index is 1.91. The number of carbonyl (C=O) groups excluding carboxylic acids is 1. The number of nitrogens with one attached hydrogen (secondary N) is 1. The molecule has 2 aromatic carbocycles. The van der Waals surface area contributed by atoms with Gasteiger partial charge in [0.25, 0.3) is 0 Å². The van der Waals surface area contributed by atoms with Crippen molar-refractivity contribution in [1.29, 1.82) is 0 Å². The summed E-state index contributed by atoms with van der Waals surface area (Å²) >= 11 is 0. The Morgan fingerprint density at radius 2 is 2.07 bits per heavy atom. The Labute approximate surface area is 156 Å². The number of nitro benzene ring substituents is 1. The van der Waals surface area contributed by atoms with Crippen molar-refractivity contribution in [3.63, 3.8) is 0 Å². The summed E-state index contributed by atoms with van der Waals surface area (Å²) in [5.74, 6) is -0.596. The van der Waals surface area contributed by atoms with E-state index in [1.165, 1.54) is 19.2 Å². The van der Waals surface area contributed by atoms with Crippen LogP contribution in [0, 0.1) is 10.1 Å². The van der Waals surface area contributed by atoms with Crippen molar-refractivity contribution in [3.05, 3.63) is 63.7 Å². The highest BCUT2D eigenvalue weighted by molar-refractivity contribution is 5.93. The van der Waals surface area contributed by atoms with Crippen LogP contribution in [0.5, 0.6) is 5.75 Å². The number of nitro groups is 1. The van der Waals surface area contributed by atoms with E-state index >= 15 is 0 Å². The van der Waals surface area contributed by atoms with Crippen LogP contribution in [-0.4, -0.2) is 37.3 Å². The van der Waals surface area contributed by atoms with Crippen LogP contribution in [0.2, 0.25) is 0 Å². The van der Waals surface area contributed by atoms with Crippen molar-refractivity contribution in [3.8, 4) is 5.75 Å². The summed E-state index contributed by atoms with van der Waals surface area (Å²) in [7, 11) is 1.25. The number of carbonyl (C=O) groups is 1. The van der Waals surface area contributed by atoms with Crippen LogP contribution in [-0.2, 0) is 16.1 Å². The lowest BCUT2D eigenvalue weighted by atomic mass is 10.1. The van der Waals surface area contributed by atoms with Crippen molar-refractivity contribution in [2.24, 2.45) is 0 Å². The van der Waals surface area contributed by atoms with Crippen LogP contribution in [0.4, 0.5) is 11.4 Å². The predicted molar refractivity (Wildman–Crippen MR) is 98.1 cm³/mol. The molecule has 8 nitrogen and oxygen atoms in total. The summed E-state index contributed by atoms with van der Waals surface area (Å²) in [6.45, 7) is 1.23. The van der Waals surface area contributed by atoms with Crippen molar-refractivity contribution in [2.45, 2.75) is 19.1 Å². The molecular weight excluding hydrogens is 352 g/mol. The second kappa shape index (κ2) is 8.50. The fourth-order valence-corrected chi connectivity index (χ4v) is 2.68. The van der Waals surface area contributed by atoms with Crippen molar-refractivity contribution in [2.75, 3.05) is 25.6 Å². The van der Waals surface area contributed by atoms with Gasteiger partial charge in [0.15, 0.2) is 0 Å². The first-order chi connectivity index (χ1) is 13.1. The van der Waals surface area contributed by atoms with Crippen LogP contribution in [0.25, 0.3) is 0 Å². The zero-order valence-electron chi connectivity index (χ0n) is 14.8. The average Bonchev–Trinajstić information content (AvgIpc) is 2.64. The lowest BCUT2D eigenvalue weighted by Gasteiger charge is -2.27. The van der Waals surface area contributed by atoms with Crippen LogP contribution in [0.1, 0.15) is 22.3 Å². The van der Waals surface area contributed by atoms with Crippen molar-refractivity contribution in [1.82, 2.24) is 0 Å². The predicted octanol–water partition coefficient (Wildman–Crippen LogP) is 3.16. The standard InChI is InChI=1S/C19H20N2O6/c1-25-19(22)14-9-16(20-11-15-7-8-26-15)18(21(23)24)17(10-14)27-12-13-5-3-2-4-6-13/h2-6,9-10,15,20H,7-8,11-12H2,1H3/t15-/m0/s1. The Bertz CT molecular complexity index is 820. The molecule has 0 aliphatic carbocycles. The highest BCUT2D eigenvalue weighted by atomic mass is 16.6. The van der Waals surface area contributed by atoms with Gasteiger partial charge in [0.05, 0.1) is 23.7 Å². The van der Waals surface area contributed by atoms with Crippen LogP contribution in [0.15, 0.2) is 42.5 Å². The molecule has 0 aromatic heterocycles. The molecule has 8 heteroatoms. The number of rotatable bonds is 8. The van der Waals surface area contributed by atoms with Gasteiger partial charge >= 0.3 is 11.7 Å². The number of nitrogens with zero attached hydrogens (tertiary/aromatic N) is 1. The molecule has 0 unspecified atom stereocenters. The van der Waals surface area contributed by atoms with E-state index in [1.807, 2.05) is 30.3 Å². The summed E-state index contributed by atoms with van der Waals surface area (Å²) < 4.78 is 15.8. The fraction of sp³-hybridized carbons (Fsp3) is 0.316. The van der Waals surface area contributed by atoms with Crippen LogP contribution >= 0.6 is 0 Å². The van der Waals surface area contributed by atoms with E-state index in [1.54, 1.807) is 0 Å². The summed E-state index contributed by atoms with van der Waals surface area (Å²) in [6, 6.07) is 12.0. The summed E-state index contributed by atoms with van der Waals surface area (Å²) in [5.41, 5.74) is 0.996. The first kappa shape index (κ1) is 18.7. The second-order valence-corrected chi connectivity index (χ2v) is 6.06. The zero-order valence-corrected chi connectivity index (χ0v) is 14.8. The third kappa shape index (κ3) is 4.53. The van der Waals surface area contributed by atoms with Crippen molar-refractivity contribution >= 4 is 17.3 Å². The maximum atomic E-state index is 12.0. The molecule has 1 atom stereocenters. The maximum absolute atomic E-state index is 12.0. The minimum atomic E-state index is -0.600. The number of hydrogen-bond donors (Lipinski definition) is 1. The first-order valence-corrected chi connectivity index (χ1v) is 8.51. The molecular formula is C19H20N2O6. The van der Waals surface area contributed by atoms with E-state index in [2.05, 4.69) is 5.32 Å². The lowest BCUT2D eigenvalue weighted by molar-refractivity contribution is -0.385. The van der Waals surface area contributed by atoms with Gasteiger partial charge in [-0.25, -0.2) is 4.79 Å². The first-order valence-electron chi connectivity index (χ1n) is 8.51. The summed E-state index contributed by atoms with van der Waals surface area (Å²) in [5, 5.41) is 14.7. The Morgan fingerprint density at radius 3 is 2.67 bits per heavy atom. The fourth-order valence-electron chi connectivity index (χ4n) is 2.68. The molecule has 2 aromatic rings. The maximum Gasteiger partial charge on any atom is 0.338 e. The number of esters is 1. The molecule has 142 valence electrons. The van der Waals surface area contributed by atoms with Gasteiger partial charge in [-0.3, -0.25) is 10.1 Å². The molecule has 1 fully saturated rings. The molecule has 0 spiro atoms. The van der Waals surface area contributed by atoms with Gasteiger partial charge in [0.2, 0.25) is 5.75 Å². The van der Waals surface area contributed by atoms with Crippen LogP contribution in [0.3, 0.4) is 0 Å². The molecule has 0 amide bonds. The van der Waals surface area contributed by atoms with E-state index in [4.69, 9.17) is 14.2 Å². The Kier molecular flexibility index (Phi) is 5.87. The quantitative estimate of drug-likeness (QED) is 0.431. The molecule has 1 heterocycles. The number of anilines is 1. The normalized spacial score (nSPS) is 15.5. The molecule has 1 aliphatic heterocycles. The molecule has 1 aliphatic rings. The number of hydrogen-bond acceptors (Lipinski definition) is 7. The average molecular weight is 372 g/mol. The van der Waals surface area contributed by atoms with E-state index in [9.17, 15) is 14.9 Å². The van der Waals surface area contributed by atoms with Gasteiger partial charge in [-0.05, 0) is 18.1 Å². The summed E-state index contributed by atoms with van der Waals surface area (Å²) in [6.07, 6.45) is 0.884. The molecule has 0 saturated carbocycles. The number of methoxy groups -OCH3 is 1. The number of benzene rings is 2. The van der Waals surface area contributed by atoms with E-state index in [-0.39, 0.29) is 35.4 Å². The van der Waals surface area contributed by atoms with Crippen LogP contribution < -0.4 is 10.1 Å². The Morgan fingerprint density at radius 1 is 1.33 bits per heavy atom. The third-order valence-corrected chi connectivity index (χ3v) is 4.23. The minimum Gasteiger partial charge on any atom is -0.482 e. The van der Waals surface area contributed by atoms with E-state index in [0.29, 0.717) is 13.2 Å². The van der Waals surface area contributed by atoms with E-state index in [0.717, 1.165) is 12.0 Å². The van der Waals surface area contributed by atoms with Gasteiger partial charge in [-0.1, -0.05) is 30.3 Å². The monoisotopic (exact) mass is 372 g/mol. The molecule has 27 heavy (non-hydrogen) atoms. The van der Waals surface area contributed by atoms with Crippen molar-refractivity contribution < 1.29 is 23.9 Å². The minimum absolute atomic E-state index is 0.0000685. The lowest BCUT2D eigenvalue weighted by Crippen LogP contribution is -2.33. The highest BCUT2D eigenvalue weighted by Gasteiger charge is 2.27. The topological polar surface area (TPSA) is 99.9 Å². The largest absolute Gasteiger partial charge is 0.482 e. The molecule has 1 N–H and O–H groups in total. The molecule has 0 bridgehead atoms. The van der Waals surface area contributed by atoms with Gasteiger partial charge < -0.3 is 19.5 Å². The SMILES string of the molecule is COC(=O)c1cc(NC[C@@H]2CCO2)c([N+](=O)[O-])c(OCc2ccccc2)c1. The second-order valence-electron chi connectivity index (χ2n) is 6.06. The Hall–Kier alpha value is -3.13. The number of ether oxygens (including phenoxy) is 3. The molecule has 3 rings (SSSR count). The van der Waals surface area contributed by atoms with E-state index < -0.39 is 10.9 Å². The smallest absolute Gasteiger partial charge is 0.338 e.